The van der Waals surface area contributed by atoms with Crippen molar-refractivity contribution < 1.29 is 4.79 Å². The van der Waals surface area contributed by atoms with Gasteiger partial charge >= 0.3 is 0 Å². The van der Waals surface area contributed by atoms with Crippen molar-refractivity contribution >= 4 is 11.6 Å². The lowest BCUT2D eigenvalue weighted by Gasteiger charge is -2.37. The van der Waals surface area contributed by atoms with Crippen LogP contribution in [0.25, 0.3) is 0 Å². The number of aryl methyl sites for hydroxylation is 4. The Hall–Kier alpha value is -2.29. The summed E-state index contributed by atoms with van der Waals surface area (Å²) in [5, 5.41) is 0. The average molecular weight is 322 g/mol. The van der Waals surface area contributed by atoms with E-state index in [0.29, 0.717) is 0 Å². The van der Waals surface area contributed by atoms with E-state index in [4.69, 9.17) is 0 Å². The third-order valence-corrected chi connectivity index (χ3v) is 5.08. The number of carbonyl (C=O) groups excluding carboxylic acids is 1. The number of hydrogen-bond donors (Lipinski definition) is 0. The van der Waals surface area contributed by atoms with E-state index >= 15 is 0 Å². The predicted octanol–water partition coefficient (Wildman–Crippen LogP) is 3.88. The number of rotatable bonds is 2. The monoisotopic (exact) mass is 322 g/mol. The Bertz CT molecular complexity index is 738. The second kappa shape index (κ2) is 6.68. The quantitative estimate of drug-likeness (QED) is 0.837. The molecule has 2 aromatic carbocycles. The van der Waals surface area contributed by atoms with Gasteiger partial charge in [0.15, 0.2) is 0 Å². The lowest BCUT2D eigenvalue weighted by molar-refractivity contribution is 0.0746. The molecule has 1 saturated heterocycles. The molecular weight excluding hydrogens is 296 g/mol. The molecule has 0 atom stereocenters. The van der Waals surface area contributed by atoms with E-state index < -0.39 is 0 Å². The van der Waals surface area contributed by atoms with Crippen LogP contribution in [0.15, 0.2) is 36.4 Å². The third kappa shape index (κ3) is 3.16. The van der Waals surface area contributed by atoms with E-state index in [-0.39, 0.29) is 5.91 Å². The SMILES string of the molecule is Cc1ccc(C(=O)N2CCN(c3c(C)cccc3C)CC2)cc1C. The standard InChI is InChI=1S/C21H26N2O/c1-15-8-9-19(14-18(15)4)21(24)23-12-10-22(11-13-23)20-16(2)6-5-7-17(20)3/h5-9,14H,10-13H2,1-4H3. The summed E-state index contributed by atoms with van der Waals surface area (Å²) in [5.74, 6) is 0.152. The van der Waals surface area contributed by atoms with Gasteiger partial charge in [-0.2, -0.15) is 0 Å². The summed E-state index contributed by atoms with van der Waals surface area (Å²) in [6, 6.07) is 12.4. The van der Waals surface area contributed by atoms with E-state index in [1.165, 1.54) is 27.9 Å². The zero-order chi connectivity index (χ0) is 17.3. The molecule has 126 valence electrons. The molecule has 0 aromatic heterocycles. The van der Waals surface area contributed by atoms with Crippen LogP contribution in [0.2, 0.25) is 0 Å². The number of anilines is 1. The average Bonchev–Trinajstić information content (AvgIpc) is 2.57. The highest BCUT2D eigenvalue weighted by molar-refractivity contribution is 5.94. The topological polar surface area (TPSA) is 23.6 Å². The van der Waals surface area contributed by atoms with Crippen molar-refractivity contribution in [2.24, 2.45) is 0 Å². The molecule has 0 radical (unpaired) electrons. The van der Waals surface area contributed by atoms with Gasteiger partial charge in [-0.3, -0.25) is 4.79 Å². The number of para-hydroxylation sites is 1. The van der Waals surface area contributed by atoms with Gasteiger partial charge in [-0.25, -0.2) is 0 Å². The molecule has 1 heterocycles. The Balaban J connectivity index is 1.70. The Labute approximate surface area is 144 Å². The van der Waals surface area contributed by atoms with Gasteiger partial charge in [-0.05, 0) is 62.1 Å². The first kappa shape index (κ1) is 16.6. The number of hydrogen-bond acceptors (Lipinski definition) is 2. The fraction of sp³-hybridized carbons (Fsp3) is 0.381. The molecule has 3 heteroatoms. The first-order chi connectivity index (χ1) is 11.5. The van der Waals surface area contributed by atoms with Crippen molar-refractivity contribution in [2.75, 3.05) is 31.1 Å². The first-order valence-electron chi connectivity index (χ1n) is 8.65. The van der Waals surface area contributed by atoms with Crippen LogP contribution in [0.1, 0.15) is 32.6 Å². The number of amides is 1. The molecule has 0 spiro atoms. The van der Waals surface area contributed by atoms with Crippen molar-refractivity contribution in [3.05, 3.63) is 64.2 Å². The van der Waals surface area contributed by atoms with Crippen molar-refractivity contribution in [1.82, 2.24) is 4.90 Å². The fourth-order valence-corrected chi connectivity index (χ4v) is 3.49. The van der Waals surface area contributed by atoms with Crippen LogP contribution < -0.4 is 4.90 Å². The highest BCUT2D eigenvalue weighted by Crippen LogP contribution is 2.26. The van der Waals surface area contributed by atoms with Crippen molar-refractivity contribution in [3.8, 4) is 0 Å². The zero-order valence-electron chi connectivity index (χ0n) is 15.1. The molecule has 3 nitrogen and oxygen atoms in total. The van der Waals surface area contributed by atoms with Gasteiger partial charge in [0.05, 0.1) is 0 Å². The van der Waals surface area contributed by atoms with Gasteiger partial charge in [-0.15, -0.1) is 0 Å². The van der Waals surface area contributed by atoms with Gasteiger partial charge in [-0.1, -0.05) is 24.3 Å². The molecule has 1 fully saturated rings. The third-order valence-electron chi connectivity index (χ3n) is 5.08. The molecular formula is C21H26N2O. The molecule has 24 heavy (non-hydrogen) atoms. The zero-order valence-corrected chi connectivity index (χ0v) is 15.1. The van der Waals surface area contributed by atoms with E-state index in [9.17, 15) is 4.79 Å². The van der Waals surface area contributed by atoms with Crippen LogP contribution in [0.3, 0.4) is 0 Å². The summed E-state index contributed by atoms with van der Waals surface area (Å²) < 4.78 is 0. The Kier molecular flexibility index (Phi) is 4.61. The van der Waals surface area contributed by atoms with Crippen LogP contribution in [-0.4, -0.2) is 37.0 Å². The summed E-state index contributed by atoms with van der Waals surface area (Å²) in [6.07, 6.45) is 0. The maximum Gasteiger partial charge on any atom is 0.253 e. The predicted molar refractivity (Wildman–Crippen MR) is 99.9 cm³/mol. The molecule has 3 rings (SSSR count). The highest BCUT2D eigenvalue weighted by atomic mass is 16.2. The lowest BCUT2D eigenvalue weighted by Crippen LogP contribution is -2.49. The first-order valence-corrected chi connectivity index (χ1v) is 8.65. The lowest BCUT2D eigenvalue weighted by atomic mass is 10.0. The largest absolute Gasteiger partial charge is 0.368 e. The van der Waals surface area contributed by atoms with Crippen LogP contribution in [-0.2, 0) is 0 Å². The molecule has 2 aromatic rings. The van der Waals surface area contributed by atoms with Gasteiger partial charge in [0.1, 0.15) is 0 Å². The molecule has 1 aliphatic heterocycles. The fourth-order valence-electron chi connectivity index (χ4n) is 3.49. The minimum absolute atomic E-state index is 0.152. The minimum atomic E-state index is 0.152. The van der Waals surface area contributed by atoms with E-state index in [2.05, 4.69) is 50.8 Å². The normalized spacial score (nSPS) is 14.8. The molecule has 0 bridgehead atoms. The Morgan fingerprint density at radius 1 is 0.792 bits per heavy atom. The molecule has 0 unspecified atom stereocenters. The molecule has 0 N–H and O–H groups in total. The van der Waals surface area contributed by atoms with Crippen molar-refractivity contribution in [3.63, 3.8) is 0 Å². The smallest absolute Gasteiger partial charge is 0.253 e. The molecule has 0 saturated carbocycles. The van der Waals surface area contributed by atoms with E-state index in [1.807, 2.05) is 23.1 Å². The van der Waals surface area contributed by atoms with Gasteiger partial charge < -0.3 is 9.80 Å². The summed E-state index contributed by atoms with van der Waals surface area (Å²) in [6.45, 7) is 11.8. The highest BCUT2D eigenvalue weighted by Gasteiger charge is 2.23. The number of nitrogens with zero attached hydrogens (tertiary/aromatic N) is 2. The van der Waals surface area contributed by atoms with E-state index in [0.717, 1.165) is 31.7 Å². The van der Waals surface area contributed by atoms with Crippen molar-refractivity contribution in [2.45, 2.75) is 27.7 Å². The summed E-state index contributed by atoms with van der Waals surface area (Å²) in [5.41, 5.74) is 7.16. The number of benzene rings is 2. The van der Waals surface area contributed by atoms with Crippen LogP contribution in [0.5, 0.6) is 0 Å². The summed E-state index contributed by atoms with van der Waals surface area (Å²) >= 11 is 0. The summed E-state index contributed by atoms with van der Waals surface area (Å²) in [7, 11) is 0. The van der Waals surface area contributed by atoms with Crippen LogP contribution in [0.4, 0.5) is 5.69 Å². The minimum Gasteiger partial charge on any atom is -0.368 e. The maximum atomic E-state index is 12.7. The molecule has 0 aliphatic carbocycles. The summed E-state index contributed by atoms with van der Waals surface area (Å²) in [4.78, 5) is 17.1. The molecule has 1 aliphatic rings. The number of piperazine rings is 1. The van der Waals surface area contributed by atoms with E-state index in [1.54, 1.807) is 0 Å². The second-order valence-electron chi connectivity index (χ2n) is 6.82. The van der Waals surface area contributed by atoms with Crippen LogP contribution in [0, 0.1) is 27.7 Å². The maximum absolute atomic E-state index is 12.7. The number of carbonyl (C=O) groups is 1. The van der Waals surface area contributed by atoms with Crippen LogP contribution >= 0.6 is 0 Å². The Morgan fingerprint density at radius 3 is 2.00 bits per heavy atom. The van der Waals surface area contributed by atoms with Crippen molar-refractivity contribution in [1.29, 1.82) is 0 Å². The Morgan fingerprint density at radius 2 is 1.42 bits per heavy atom. The van der Waals surface area contributed by atoms with Gasteiger partial charge in [0, 0.05) is 37.4 Å². The van der Waals surface area contributed by atoms with Gasteiger partial charge in [0.25, 0.3) is 5.91 Å². The van der Waals surface area contributed by atoms with Gasteiger partial charge in [0.2, 0.25) is 0 Å². The molecule has 1 amide bonds. The second-order valence-corrected chi connectivity index (χ2v) is 6.82.